The summed E-state index contributed by atoms with van der Waals surface area (Å²) >= 11 is 0. The molecule has 2 aromatic rings. The van der Waals surface area contributed by atoms with Gasteiger partial charge in [-0.15, -0.1) is 0 Å². The fourth-order valence-electron chi connectivity index (χ4n) is 3.27. The number of likely N-dealkylation sites (tertiary alicyclic amines) is 1. The highest BCUT2D eigenvalue weighted by atomic mass is 16.5. The third-order valence-electron chi connectivity index (χ3n) is 4.58. The number of carbonyl (C=O) groups excluding carboxylic acids is 1. The molecule has 6 nitrogen and oxygen atoms in total. The van der Waals surface area contributed by atoms with Gasteiger partial charge in [0, 0.05) is 24.4 Å². The second-order valence-corrected chi connectivity index (χ2v) is 6.15. The zero-order valence-electron chi connectivity index (χ0n) is 14.3. The fourth-order valence-corrected chi connectivity index (χ4v) is 3.27. The third kappa shape index (κ3) is 4.09. The summed E-state index contributed by atoms with van der Waals surface area (Å²) in [5.41, 5.74) is 1.30. The number of hydrogen-bond donors (Lipinski definition) is 2. The van der Waals surface area contributed by atoms with Gasteiger partial charge in [0.05, 0.1) is 18.7 Å². The lowest BCUT2D eigenvalue weighted by atomic mass is 10.0. The maximum Gasteiger partial charge on any atom is 0.252 e. The molecule has 0 radical (unpaired) electrons. The SMILES string of the molecule is COc1ccccc1C(CNC(=O)c1ccc(=O)[nH]c1)N1CCCC1. The van der Waals surface area contributed by atoms with Crippen LogP contribution in [0.2, 0.25) is 0 Å². The van der Waals surface area contributed by atoms with Crippen LogP contribution in [0.25, 0.3) is 0 Å². The second kappa shape index (κ2) is 7.98. The standard InChI is InChI=1S/C19H23N3O3/c1-25-17-7-3-2-6-15(17)16(22-10-4-5-11-22)13-21-19(24)14-8-9-18(23)20-12-14/h2-3,6-9,12,16H,4-5,10-11,13H2,1H3,(H,20,23)(H,21,24). The zero-order chi connectivity index (χ0) is 17.6. The number of nitrogens with one attached hydrogen (secondary N) is 2. The quantitative estimate of drug-likeness (QED) is 0.842. The number of amides is 1. The first-order valence-corrected chi connectivity index (χ1v) is 8.53. The summed E-state index contributed by atoms with van der Waals surface area (Å²) in [6.45, 7) is 2.51. The molecular weight excluding hydrogens is 318 g/mol. The molecule has 0 aliphatic carbocycles. The Morgan fingerprint density at radius 2 is 2.00 bits per heavy atom. The number of methoxy groups -OCH3 is 1. The number of nitrogens with zero attached hydrogens (tertiary/aromatic N) is 1. The first-order valence-electron chi connectivity index (χ1n) is 8.53. The predicted molar refractivity (Wildman–Crippen MR) is 95.9 cm³/mol. The molecule has 1 atom stereocenters. The van der Waals surface area contributed by atoms with Gasteiger partial charge in [-0.3, -0.25) is 14.5 Å². The highest BCUT2D eigenvalue weighted by Crippen LogP contribution is 2.31. The third-order valence-corrected chi connectivity index (χ3v) is 4.58. The van der Waals surface area contributed by atoms with Crippen LogP contribution < -0.4 is 15.6 Å². The monoisotopic (exact) mass is 341 g/mol. The molecule has 0 spiro atoms. The van der Waals surface area contributed by atoms with Crippen LogP contribution in [0.4, 0.5) is 0 Å². The molecule has 6 heteroatoms. The molecule has 2 N–H and O–H groups in total. The Hall–Kier alpha value is -2.60. The molecule has 25 heavy (non-hydrogen) atoms. The Morgan fingerprint density at radius 3 is 2.68 bits per heavy atom. The number of aromatic amines is 1. The fraction of sp³-hybridized carbons (Fsp3) is 0.368. The number of H-pyrrole nitrogens is 1. The van der Waals surface area contributed by atoms with Gasteiger partial charge in [0.2, 0.25) is 5.56 Å². The van der Waals surface area contributed by atoms with Crippen LogP contribution in [-0.2, 0) is 0 Å². The molecule has 1 aromatic heterocycles. The number of pyridine rings is 1. The average Bonchev–Trinajstić information content (AvgIpc) is 3.17. The van der Waals surface area contributed by atoms with Gasteiger partial charge in [-0.1, -0.05) is 18.2 Å². The lowest BCUT2D eigenvalue weighted by Crippen LogP contribution is -2.37. The van der Waals surface area contributed by atoms with Gasteiger partial charge in [0.1, 0.15) is 5.75 Å². The van der Waals surface area contributed by atoms with E-state index in [0.717, 1.165) is 24.4 Å². The lowest BCUT2D eigenvalue weighted by Gasteiger charge is -2.29. The van der Waals surface area contributed by atoms with E-state index in [1.807, 2.05) is 24.3 Å². The van der Waals surface area contributed by atoms with E-state index in [1.54, 1.807) is 7.11 Å². The van der Waals surface area contributed by atoms with Gasteiger partial charge in [0.15, 0.2) is 0 Å². The predicted octanol–water partition coefficient (Wildman–Crippen LogP) is 1.95. The van der Waals surface area contributed by atoms with Crippen LogP contribution in [-0.4, -0.2) is 42.5 Å². The van der Waals surface area contributed by atoms with Crippen LogP contribution in [0.3, 0.4) is 0 Å². The van der Waals surface area contributed by atoms with Gasteiger partial charge in [-0.25, -0.2) is 0 Å². The van der Waals surface area contributed by atoms with E-state index in [0.29, 0.717) is 12.1 Å². The minimum absolute atomic E-state index is 0.0605. The Morgan fingerprint density at radius 1 is 1.24 bits per heavy atom. The molecule has 1 aliphatic rings. The Kier molecular flexibility index (Phi) is 5.50. The summed E-state index contributed by atoms with van der Waals surface area (Å²) in [5.74, 6) is 0.632. The van der Waals surface area contributed by atoms with Gasteiger partial charge in [-0.2, -0.15) is 0 Å². The summed E-state index contributed by atoms with van der Waals surface area (Å²) in [6.07, 6.45) is 3.77. The maximum absolute atomic E-state index is 12.4. The van der Waals surface area contributed by atoms with Crippen molar-refractivity contribution >= 4 is 5.91 Å². The Balaban J connectivity index is 1.77. The minimum Gasteiger partial charge on any atom is -0.496 e. The van der Waals surface area contributed by atoms with Crippen LogP contribution >= 0.6 is 0 Å². The van der Waals surface area contributed by atoms with E-state index in [1.165, 1.54) is 31.2 Å². The number of hydrogen-bond acceptors (Lipinski definition) is 4. The number of aromatic nitrogens is 1. The molecule has 1 fully saturated rings. The number of para-hydroxylation sites is 1. The highest BCUT2D eigenvalue weighted by molar-refractivity contribution is 5.93. The molecule has 1 unspecified atom stereocenters. The molecular formula is C19H23N3O3. The van der Waals surface area contributed by atoms with E-state index in [-0.39, 0.29) is 17.5 Å². The van der Waals surface area contributed by atoms with Crippen LogP contribution in [0.1, 0.15) is 34.8 Å². The van der Waals surface area contributed by atoms with Gasteiger partial charge >= 0.3 is 0 Å². The van der Waals surface area contributed by atoms with Crippen molar-refractivity contribution in [2.24, 2.45) is 0 Å². The van der Waals surface area contributed by atoms with Gasteiger partial charge in [0.25, 0.3) is 5.91 Å². The van der Waals surface area contributed by atoms with Crippen LogP contribution in [0, 0.1) is 0 Å². The second-order valence-electron chi connectivity index (χ2n) is 6.15. The summed E-state index contributed by atoms with van der Waals surface area (Å²) in [7, 11) is 1.67. The number of rotatable bonds is 6. The molecule has 1 aliphatic heterocycles. The topological polar surface area (TPSA) is 74.4 Å². The van der Waals surface area contributed by atoms with E-state index in [9.17, 15) is 9.59 Å². The van der Waals surface area contributed by atoms with E-state index in [4.69, 9.17) is 4.74 Å². The summed E-state index contributed by atoms with van der Waals surface area (Å²) in [4.78, 5) is 28.4. The largest absolute Gasteiger partial charge is 0.496 e. The number of carbonyl (C=O) groups is 1. The molecule has 1 aromatic carbocycles. The Bertz CT molecular complexity index is 761. The van der Waals surface area contributed by atoms with Gasteiger partial charge in [-0.05, 0) is 38.1 Å². The summed E-state index contributed by atoms with van der Waals surface area (Å²) < 4.78 is 5.51. The van der Waals surface area contributed by atoms with Crippen molar-refractivity contribution in [3.8, 4) is 5.75 Å². The van der Waals surface area contributed by atoms with Crippen molar-refractivity contribution in [1.29, 1.82) is 0 Å². The smallest absolute Gasteiger partial charge is 0.252 e. The molecule has 1 amide bonds. The van der Waals surface area contributed by atoms with Crippen molar-refractivity contribution in [3.63, 3.8) is 0 Å². The van der Waals surface area contributed by atoms with Crippen LogP contribution in [0.15, 0.2) is 47.4 Å². The lowest BCUT2D eigenvalue weighted by molar-refractivity contribution is 0.0937. The van der Waals surface area contributed by atoms with Crippen molar-refractivity contribution in [1.82, 2.24) is 15.2 Å². The summed E-state index contributed by atoms with van der Waals surface area (Å²) in [6, 6.07) is 10.9. The first kappa shape index (κ1) is 17.2. The van der Waals surface area contributed by atoms with Crippen molar-refractivity contribution < 1.29 is 9.53 Å². The molecule has 132 valence electrons. The molecule has 3 rings (SSSR count). The van der Waals surface area contributed by atoms with Crippen molar-refractivity contribution in [3.05, 3.63) is 64.1 Å². The molecule has 0 bridgehead atoms. The molecule has 1 saturated heterocycles. The molecule has 2 heterocycles. The summed E-state index contributed by atoms with van der Waals surface area (Å²) in [5, 5.41) is 2.99. The van der Waals surface area contributed by atoms with E-state index < -0.39 is 0 Å². The molecule has 0 saturated carbocycles. The van der Waals surface area contributed by atoms with Crippen LogP contribution in [0.5, 0.6) is 5.75 Å². The van der Waals surface area contributed by atoms with E-state index in [2.05, 4.69) is 15.2 Å². The minimum atomic E-state index is -0.222. The highest BCUT2D eigenvalue weighted by Gasteiger charge is 2.26. The zero-order valence-corrected chi connectivity index (χ0v) is 14.3. The van der Waals surface area contributed by atoms with Gasteiger partial charge < -0.3 is 15.0 Å². The normalized spacial score (nSPS) is 15.7. The number of ether oxygens (including phenoxy) is 1. The maximum atomic E-state index is 12.4. The van der Waals surface area contributed by atoms with E-state index >= 15 is 0 Å². The van der Waals surface area contributed by atoms with Crippen molar-refractivity contribution in [2.45, 2.75) is 18.9 Å². The first-order chi connectivity index (χ1) is 12.2. The average molecular weight is 341 g/mol. The van der Waals surface area contributed by atoms with Crippen molar-refractivity contribution in [2.75, 3.05) is 26.7 Å². The number of benzene rings is 1. The Labute approximate surface area is 146 Å².